The van der Waals surface area contributed by atoms with Crippen molar-refractivity contribution in [3.63, 3.8) is 0 Å². The zero-order chi connectivity index (χ0) is 11.3. The van der Waals surface area contributed by atoms with Gasteiger partial charge >= 0.3 is 0 Å². The first-order valence-corrected chi connectivity index (χ1v) is 5.09. The summed E-state index contributed by atoms with van der Waals surface area (Å²) in [6.45, 7) is 4.80. The molecule has 0 bridgehead atoms. The predicted molar refractivity (Wildman–Crippen MR) is 56.9 cm³/mol. The Morgan fingerprint density at radius 2 is 2.20 bits per heavy atom. The number of aliphatic hydroxyl groups is 1. The second-order valence-corrected chi connectivity index (χ2v) is 3.82. The Labute approximate surface area is 89.4 Å². The highest BCUT2D eigenvalue weighted by atomic mass is 19.1. The number of halogens is 1. The summed E-state index contributed by atoms with van der Waals surface area (Å²) < 4.78 is 12.6. The van der Waals surface area contributed by atoms with Gasteiger partial charge in [0.1, 0.15) is 5.82 Å². The van der Waals surface area contributed by atoms with E-state index in [1.807, 2.05) is 13.8 Å². The average molecular weight is 212 g/mol. The molecule has 1 rings (SSSR count). The molecule has 0 saturated heterocycles. The Bertz CT molecular complexity index is 289. The van der Waals surface area contributed by atoms with E-state index in [-0.39, 0.29) is 24.4 Å². The molecule has 2 unspecified atom stereocenters. The van der Waals surface area contributed by atoms with Crippen LogP contribution in [-0.4, -0.2) is 23.2 Å². The molecule has 1 aromatic rings. The quantitative estimate of drug-likeness (QED) is 0.777. The summed E-state index contributed by atoms with van der Waals surface area (Å²) in [5.74, 6) is -0.109. The molecule has 0 amide bonds. The fourth-order valence-corrected chi connectivity index (χ4v) is 1.19. The summed E-state index contributed by atoms with van der Waals surface area (Å²) in [5, 5.41) is 12.1. The van der Waals surface area contributed by atoms with Gasteiger partial charge in [0.05, 0.1) is 11.9 Å². The molecule has 0 aromatic carbocycles. The molecule has 0 radical (unpaired) electrons. The van der Waals surface area contributed by atoms with Gasteiger partial charge in [0.25, 0.3) is 0 Å². The third-order valence-electron chi connectivity index (χ3n) is 2.28. The third kappa shape index (κ3) is 3.93. The van der Waals surface area contributed by atoms with Crippen LogP contribution in [0.25, 0.3) is 0 Å². The summed E-state index contributed by atoms with van der Waals surface area (Å²) in [5.41, 5.74) is 0.807. The van der Waals surface area contributed by atoms with Crippen LogP contribution in [0.2, 0.25) is 0 Å². The zero-order valence-corrected chi connectivity index (χ0v) is 9.07. The van der Waals surface area contributed by atoms with Crippen molar-refractivity contribution in [1.82, 2.24) is 10.3 Å². The van der Waals surface area contributed by atoms with Gasteiger partial charge in [-0.3, -0.25) is 4.98 Å². The number of nitrogens with one attached hydrogen (secondary N) is 1. The van der Waals surface area contributed by atoms with E-state index in [9.17, 15) is 4.39 Å². The molecular formula is C11H17FN2O. The van der Waals surface area contributed by atoms with Crippen molar-refractivity contribution in [2.45, 2.75) is 19.9 Å². The average Bonchev–Trinajstić information content (AvgIpc) is 2.26. The zero-order valence-electron chi connectivity index (χ0n) is 9.07. The van der Waals surface area contributed by atoms with Crippen LogP contribution in [0.15, 0.2) is 18.3 Å². The first-order chi connectivity index (χ1) is 7.13. The number of nitrogens with zero attached hydrogens (tertiary/aromatic N) is 1. The minimum atomic E-state index is -0.324. The lowest BCUT2D eigenvalue weighted by atomic mass is 10.1. The molecular weight excluding hydrogens is 195 g/mol. The first kappa shape index (κ1) is 12.1. The highest BCUT2D eigenvalue weighted by Crippen LogP contribution is 2.09. The molecule has 15 heavy (non-hydrogen) atoms. The molecule has 0 fully saturated rings. The van der Waals surface area contributed by atoms with Crippen LogP contribution in [0.4, 0.5) is 4.39 Å². The van der Waals surface area contributed by atoms with E-state index in [1.54, 1.807) is 6.07 Å². The van der Waals surface area contributed by atoms with Crippen LogP contribution >= 0.6 is 0 Å². The monoisotopic (exact) mass is 212 g/mol. The van der Waals surface area contributed by atoms with E-state index in [2.05, 4.69) is 10.3 Å². The van der Waals surface area contributed by atoms with Crippen molar-refractivity contribution in [1.29, 1.82) is 0 Å². The van der Waals surface area contributed by atoms with E-state index in [4.69, 9.17) is 5.11 Å². The predicted octanol–water partition coefficient (Wildman–Crippen LogP) is 1.50. The van der Waals surface area contributed by atoms with E-state index in [0.29, 0.717) is 0 Å². The van der Waals surface area contributed by atoms with E-state index in [0.717, 1.165) is 12.2 Å². The van der Waals surface area contributed by atoms with Gasteiger partial charge in [-0.05, 0) is 25.0 Å². The van der Waals surface area contributed by atoms with Crippen LogP contribution in [0, 0.1) is 11.7 Å². The fourth-order valence-electron chi connectivity index (χ4n) is 1.19. The van der Waals surface area contributed by atoms with Crippen molar-refractivity contribution < 1.29 is 9.50 Å². The summed E-state index contributed by atoms with van der Waals surface area (Å²) in [4.78, 5) is 3.98. The van der Waals surface area contributed by atoms with Crippen molar-refractivity contribution in [2.75, 3.05) is 13.2 Å². The lowest BCUT2D eigenvalue weighted by molar-refractivity contribution is 0.230. The number of rotatable bonds is 5. The molecule has 0 aliphatic carbocycles. The summed E-state index contributed by atoms with van der Waals surface area (Å²) >= 11 is 0. The SMILES string of the molecule is CC(CO)CNC(C)c1ccc(F)cn1. The normalized spacial score (nSPS) is 14.9. The highest BCUT2D eigenvalue weighted by Gasteiger charge is 2.07. The van der Waals surface area contributed by atoms with Gasteiger partial charge in [0.15, 0.2) is 0 Å². The van der Waals surface area contributed by atoms with Crippen molar-refractivity contribution >= 4 is 0 Å². The Balaban J connectivity index is 2.46. The summed E-state index contributed by atoms with van der Waals surface area (Å²) in [6.07, 6.45) is 1.21. The molecule has 0 aliphatic heterocycles. The Morgan fingerprint density at radius 1 is 1.47 bits per heavy atom. The van der Waals surface area contributed by atoms with Gasteiger partial charge in [0.2, 0.25) is 0 Å². The smallest absolute Gasteiger partial charge is 0.141 e. The largest absolute Gasteiger partial charge is 0.396 e. The highest BCUT2D eigenvalue weighted by molar-refractivity contribution is 5.08. The molecule has 1 heterocycles. The minimum absolute atomic E-state index is 0.0691. The third-order valence-corrected chi connectivity index (χ3v) is 2.28. The molecule has 84 valence electrons. The lowest BCUT2D eigenvalue weighted by Gasteiger charge is -2.15. The topological polar surface area (TPSA) is 45.1 Å². The molecule has 0 aliphatic rings. The van der Waals surface area contributed by atoms with Gasteiger partial charge in [-0.15, -0.1) is 0 Å². The summed E-state index contributed by atoms with van der Waals surface area (Å²) in [6, 6.07) is 3.13. The number of pyridine rings is 1. The standard InChI is InChI=1S/C11H17FN2O/c1-8(7-15)5-13-9(2)11-4-3-10(12)6-14-11/h3-4,6,8-9,13,15H,5,7H2,1-2H3. The minimum Gasteiger partial charge on any atom is -0.396 e. The van der Waals surface area contributed by atoms with Gasteiger partial charge in [0, 0.05) is 19.2 Å². The molecule has 0 spiro atoms. The number of hydrogen-bond acceptors (Lipinski definition) is 3. The van der Waals surface area contributed by atoms with Crippen molar-refractivity contribution in [3.8, 4) is 0 Å². The number of aliphatic hydroxyl groups excluding tert-OH is 1. The fraction of sp³-hybridized carbons (Fsp3) is 0.545. The maximum atomic E-state index is 12.6. The van der Waals surface area contributed by atoms with Gasteiger partial charge in [-0.2, -0.15) is 0 Å². The van der Waals surface area contributed by atoms with Crippen LogP contribution in [0.5, 0.6) is 0 Å². The Hall–Kier alpha value is -1.00. The molecule has 4 heteroatoms. The Morgan fingerprint density at radius 3 is 2.73 bits per heavy atom. The maximum absolute atomic E-state index is 12.6. The lowest BCUT2D eigenvalue weighted by Crippen LogP contribution is -2.26. The van der Waals surface area contributed by atoms with E-state index >= 15 is 0 Å². The van der Waals surface area contributed by atoms with Gasteiger partial charge in [-0.1, -0.05) is 6.92 Å². The van der Waals surface area contributed by atoms with E-state index < -0.39 is 0 Å². The molecule has 1 aromatic heterocycles. The molecule has 2 N–H and O–H groups in total. The second kappa shape index (κ2) is 5.78. The van der Waals surface area contributed by atoms with Crippen molar-refractivity contribution in [3.05, 3.63) is 29.8 Å². The molecule has 2 atom stereocenters. The molecule has 3 nitrogen and oxygen atoms in total. The summed E-state index contributed by atoms with van der Waals surface area (Å²) in [7, 11) is 0. The molecule has 0 saturated carbocycles. The number of hydrogen-bond donors (Lipinski definition) is 2. The number of aromatic nitrogens is 1. The van der Waals surface area contributed by atoms with Crippen LogP contribution in [0.3, 0.4) is 0 Å². The second-order valence-electron chi connectivity index (χ2n) is 3.82. The first-order valence-electron chi connectivity index (χ1n) is 5.09. The maximum Gasteiger partial charge on any atom is 0.141 e. The van der Waals surface area contributed by atoms with Crippen molar-refractivity contribution in [2.24, 2.45) is 5.92 Å². The Kier molecular flexibility index (Phi) is 4.65. The van der Waals surface area contributed by atoms with Crippen LogP contribution in [0.1, 0.15) is 25.6 Å². The van der Waals surface area contributed by atoms with Crippen LogP contribution in [-0.2, 0) is 0 Å². The van der Waals surface area contributed by atoms with Gasteiger partial charge in [-0.25, -0.2) is 4.39 Å². The van der Waals surface area contributed by atoms with Crippen LogP contribution < -0.4 is 5.32 Å². The van der Waals surface area contributed by atoms with E-state index in [1.165, 1.54) is 12.3 Å². The van der Waals surface area contributed by atoms with Gasteiger partial charge < -0.3 is 10.4 Å².